The van der Waals surface area contributed by atoms with E-state index in [-0.39, 0.29) is 46.6 Å². The van der Waals surface area contributed by atoms with E-state index in [4.69, 9.17) is 4.98 Å². The lowest BCUT2D eigenvalue weighted by Crippen LogP contribution is -2.49. The van der Waals surface area contributed by atoms with Gasteiger partial charge in [0.15, 0.2) is 11.5 Å². The number of anilines is 3. The Morgan fingerprint density at radius 1 is 1.07 bits per heavy atom. The summed E-state index contributed by atoms with van der Waals surface area (Å²) in [6.45, 7) is 9.41. The first-order chi connectivity index (χ1) is 21.3. The van der Waals surface area contributed by atoms with Crippen molar-refractivity contribution in [3.05, 3.63) is 77.0 Å². The molecule has 5 heterocycles. The summed E-state index contributed by atoms with van der Waals surface area (Å²) < 4.78 is 33.1. The second-order valence-corrected chi connectivity index (χ2v) is 11.7. The van der Waals surface area contributed by atoms with Gasteiger partial charge in [-0.05, 0) is 49.1 Å². The molecule has 1 aromatic carbocycles. The van der Waals surface area contributed by atoms with Crippen molar-refractivity contribution in [2.24, 2.45) is 0 Å². The van der Waals surface area contributed by atoms with Crippen LogP contribution < -0.4 is 21.2 Å². The number of halogens is 2. The minimum Gasteiger partial charge on any atom is -0.384 e. The van der Waals surface area contributed by atoms with E-state index in [0.717, 1.165) is 0 Å². The summed E-state index contributed by atoms with van der Waals surface area (Å²) in [5, 5.41) is 6.98. The zero-order chi connectivity index (χ0) is 30.7. The number of fused-ring (bicyclic) bond motifs is 6. The van der Waals surface area contributed by atoms with Gasteiger partial charge in [-0.15, -0.1) is 0 Å². The van der Waals surface area contributed by atoms with E-state index in [1.54, 1.807) is 29.3 Å². The molecule has 2 atom stereocenters. The van der Waals surface area contributed by atoms with Crippen molar-refractivity contribution in [1.82, 2.24) is 24.4 Å². The van der Waals surface area contributed by atoms with Gasteiger partial charge in [-0.2, -0.15) is 4.98 Å². The Balaban J connectivity index is 1.53. The Morgan fingerprint density at radius 2 is 1.86 bits per heavy atom. The van der Waals surface area contributed by atoms with Crippen LogP contribution in [0.3, 0.4) is 0 Å². The summed E-state index contributed by atoms with van der Waals surface area (Å²) in [5.41, 5.74) is 1.50. The molecule has 0 spiro atoms. The predicted molar refractivity (Wildman–Crippen MR) is 165 cm³/mol. The van der Waals surface area contributed by atoms with Gasteiger partial charge in [-0.1, -0.05) is 26.5 Å². The number of nitrogens with one attached hydrogen (secondary N) is 2. The first kappa shape index (κ1) is 27.9. The molecule has 226 valence electrons. The molecular weight excluding hydrogens is 566 g/mol. The summed E-state index contributed by atoms with van der Waals surface area (Å²) in [5.74, 6) is -1.31. The van der Waals surface area contributed by atoms with Crippen molar-refractivity contribution in [1.29, 1.82) is 0 Å². The van der Waals surface area contributed by atoms with Gasteiger partial charge in [0.25, 0.3) is 0 Å². The number of aromatic nitrogens is 4. The highest BCUT2D eigenvalue weighted by atomic mass is 19.1. The monoisotopic (exact) mass is 598 g/mol. The van der Waals surface area contributed by atoms with Gasteiger partial charge in [0.1, 0.15) is 17.3 Å². The number of carbonyl (C=O) groups excluding carboxylic acids is 1. The van der Waals surface area contributed by atoms with Gasteiger partial charge in [-0.3, -0.25) is 9.78 Å². The first-order valence-corrected chi connectivity index (χ1v) is 14.9. The zero-order valence-electron chi connectivity index (χ0n) is 24.5. The summed E-state index contributed by atoms with van der Waals surface area (Å²) in [7, 11) is 0. The van der Waals surface area contributed by atoms with Crippen LogP contribution in [0, 0.1) is 11.6 Å². The molecule has 1 saturated carbocycles. The average molecular weight is 599 g/mol. The molecule has 2 bridgehead atoms. The lowest BCUT2D eigenvalue weighted by Gasteiger charge is -2.35. The number of nitrogens with zero attached hydrogens (tertiary/aromatic N) is 6. The Kier molecular flexibility index (Phi) is 6.79. The second-order valence-electron chi connectivity index (χ2n) is 11.7. The standard InChI is InChI=1S/C32H32F2N8O2/c1-4-25(43)40-13-14-41(24-16-23(24)40)30-18-15-20(34)28-26-19(33)7-5-8-21(26)35-10-6-11-36-22-9-12-37-27(17(2)3)29(22)42(31(18)38-28)32(44)39-30/h4-5,7-9,12,15,17,23-24,35-36H,1,6,10-11,13-14,16H2,2-3H3/t23-,24+/m0/s1. The number of amides is 1. The van der Waals surface area contributed by atoms with E-state index >= 15 is 8.78 Å². The van der Waals surface area contributed by atoms with Gasteiger partial charge in [0, 0.05) is 38.1 Å². The Hall–Kier alpha value is -4.87. The fraction of sp³-hybridized carbons (Fsp3) is 0.344. The number of benzene rings is 1. The maximum absolute atomic E-state index is 16.2. The number of piperazine rings is 1. The normalized spacial score (nSPS) is 19.1. The van der Waals surface area contributed by atoms with Crippen molar-refractivity contribution < 1.29 is 13.6 Å². The topological polar surface area (TPSA) is 108 Å². The third-order valence-electron chi connectivity index (χ3n) is 8.60. The minimum atomic E-state index is -0.741. The third kappa shape index (κ3) is 4.47. The van der Waals surface area contributed by atoms with E-state index in [1.807, 2.05) is 18.7 Å². The van der Waals surface area contributed by atoms with Crippen LogP contribution in [0.15, 0.2) is 54.0 Å². The lowest BCUT2D eigenvalue weighted by atomic mass is 10.1. The summed E-state index contributed by atoms with van der Waals surface area (Å²) in [4.78, 5) is 44.2. The first-order valence-electron chi connectivity index (χ1n) is 14.9. The van der Waals surface area contributed by atoms with Crippen LogP contribution in [-0.2, 0) is 4.79 Å². The maximum atomic E-state index is 16.2. The smallest absolute Gasteiger partial charge is 0.355 e. The Bertz CT molecular complexity index is 1890. The Morgan fingerprint density at radius 3 is 2.64 bits per heavy atom. The van der Waals surface area contributed by atoms with E-state index < -0.39 is 17.3 Å². The third-order valence-corrected chi connectivity index (χ3v) is 8.60. The highest BCUT2D eigenvalue weighted by Crippen LogP contribution is 2.42. The van der Waals surface area contributed by atoms with Crippen LogP contribution in [0.1, 0.15) is 38.3 Å². The predicted octanol–water partition coefficient (Wildman–Crippen LogP) is 4.45. The molecule has 7 rings (SSSR count). The SMILES string of the molecule is C=CC(=O)N1CCN(c2nc(=O)n3c4nc(c(F)cc24)-c2c(F)cccc2NCCCNc2ccnc(C(C)C)c2-3)[C@@H]2C[C@@H]21. The number of hydrogen-bond donors (Lipinski definition) is 2. The molecule has 10 nitrogen and oxygen atoms in total. The van der Waals surface area contributed by atoms with Crippen LogP contribution >= 0.6 is 0 Å². The second kappa shape index (κ2) is 10.7. The maximum Gasteiger partial charge on any atom is 0.355 e. The van der Waals surface area contributed by atoms with Gasteiger partial charge < -0.3 is 20.4 Å². The quantitative estimate of drug-likeness (QED) is 0.333. The molecular formula is C32H32F2N8O2. The molecule has 1 amide bonds. The van der Waals surface area contributed by atoms with Crippen LogP contribution in [-0.4, -0.2) is 68.6 Å². The molecule has 0 radical (unpaired) electrons. The zero-order valence-corrected chi connectivity index (χ0v) is 24.5. The largest absolute Gasteiger partial charge is 0.384 e. The van der Waals surface area contributed by atoms with E-state index in [2.05, 4.69) is 27.2 Å². The number of pyridine rings is 2. The number of rotatable bonds is 3. The fourth-order valence-electron chi connectivity index (χ4n) is 6.46. The van der Waals surface area contributed by atoms with Crippen LogP contribution in [0.4, 0.5) is 26.0 Å². The number of carbonyl (C=O) groups is 1. The molecule has 0 unspecified atom stereocenters. The van der Waals surface area contributed by atoms with Crippen molar-refractivity contribution in [2.75, 3.05) is 41.7 Å². The van der Waals surface area contributed by atoms with Gasteiger partial charge in [-0.25, -0.2) is 23.1 Å². The minimum absolute atomic E-state index is 0.00855. The van der Waals surface area contributed by atoms with Crippen LogP contribution in [0.5, 0.6) is 0 Å². The molecule has 1 saturated heterocycles. The molecule has 2 aliphatic heterocycles. The van der Waals surface area contributed by atoms with Crippen LogP contribution in [0.25, 0.3) is 28.0 Å². The molecule has 44 heavy (non-hydrogen) atoms. The molecule has 12 heteroatoms. The van der Waals surface area contributed by atoms with Crippen molar-refractivity contribution in [3.63, 3.8) is 0 Å². The summed E-state index contributed by atoms with van der Waals surface area (Å²) in [6.07, 6.45) is 4.34. The van der Waals surface area contributed by atoms with Gasteiger partial charge in [0.2, 0.25) is 5.91 Å². The van der Waals surface area contributed by atoms with E-state index in [1.165, 1.54) is 22.8 Å². The molecule has 2 N–H and O–H groups in total. The molecule has 3 aromatic heterocycles. The van der Waals surface area contributed by atoms with Gasteiger partial charge >= 0.3 is 5.69 Å². The highest BCUT2D eigenvalue weighted by Gasteiger charge is 2.51. The molecule has 1 aliphatic carbocycles. The summed E-state index contributed by atoms with van der Waals surface area (Å²) >= 11 is 0. The molecule has 3 aliphatic rings. The number of hydrogen-bond acceptors (Lipinski definition) is 8. The summed E-state index contributed by atoms with van der Waals surface area (Å²) in [6, 6.07) is 7.47. The van der Waals surface area contributed by atoms with Gasteiger partial charge in [0.05, 0.1) is 40.1 Å². The molecule has 2 fully saturated rings. The molecule has 4 aromatic rings. The van der Waals surface area contributed by atoms with Crippen molar-refractivity contribution in [2.45, 2.75) is 44.7 Å². The van der Waals surface area contributed by atoms with E-state index in [9.17, 15) is 9.59 Å². The Labute approximate surface area is 252 Å². The highest BCUT2D eigenvalue weighted by molar-refractivity contribution is 5.93. The fourth-order valence-corrected chi connectivity index (χ4v) is 6.46. The van der Waals surface area contributed by atoms with Crippen LogP contribution in [0.2, 0.25) is 0 Å². The lowest BCUT2D eigenvalue weighted by molar-refractivity contribution is -0.126. The van der Waals surface area contributed by atoms with E-state index in [0.29, 0.717) is 67.2 Å². The van der Waals surface area contributed by atoms with Crippen molar-refractivity contribution >= 4 is 34.1 Å². The van der Waals surface area contributed by atoms with Crippen molar-refractivity contribution in [3.8, 4) is 16.9 Å². The average Bonchev–Trinajstić information content (AvgIpc) is 3.81.